The molecule has 0 amide bonds. The Hall–Kier alpha value is -2.72. The van der Waals surface area contributed by atoms with Crippen molar-refractivity contribution in [1.29, 1.82) is 0 Å². The molecule has 0 bridgehead atoms. The number of anilines is 1. The van der Waals surface area contributed by atoms with Crippen LogP contribution in [-0.2, 0) is 0 Å². The number of hydrogen-bond acceptors (Lipinski definition) is 2. The van der Waals surface area contributed by atoms with Gasteiger partial charge in [0.1, 0.15) is 0 Å². The molecule has 0 saturated heterocycles. The molecule has 4 heteroatoms. The molecule has 0 heterocycles. The average Bonchev–Trinajstić information content (AvgIpc) is 2.57. The molecular formula is C19H17NO2S. The lowest BCUT2D eigenvalue weighted by Gasteiger charge is -2.36. The van der Waals surface area contributed by atoms with E-state index in [9.17, 15) is 9.90 Å². The summed E-state index contributed by atoms with van der Waals surface area (Å²) in [5.74, 6) is 0. The third-order valence-corrected chi connectivity index (χ3v) is 7.11. The molecule has 23 heavy (non-hydrogen) atoms. The molecule has 3 nitrogen and oxygen atoms in total. The summed E-state index contributed by atoms with van der Waals surface area (Å²) >= 11 is 0. The Bertz CT molecular complexity index is 780. The number of rotatable bonds is 3. The SMILES string of the molecule is Nc1cccc(S(C(=O)O)(c2ccccc2)c2ccccc2)c1. The lowest BCUT2D eigenvalue weighted by atomic mass is 10.3. The largest absolute Gasteiger partial charge is 0.473 e. The fourth-order valence-corrected chi connectivity index (χ4v) is 5.81. The number of carboxylic acid groups (broad SMARTS) is 1. The van der Waals surface area contributed by atoms with E-state index in [1.165, 1.54) is 0 Å². The molecule has 0 unspecified atom stereocenters. The van der Waals surface area contributed by atoms with Crippen LogP contribution in [0.5, 0.6) is 0 Å². The van der Waals surface area contributed by atoms with Gasteiger partial charge in [0.2, 0.25) is 0 Å². The molecule has 0 atom stereocenters. The molecule has 3 rings (SSSR count). The van der Waals surface area contributed by atoms with Crippen LogP contribution in [0.1, 0.15) is 0 Å². The maximum Gasteiger partial charge on any atom is 0.359 e. The summed E-state index contributed by atoms with van der Waals surface area (Å²) < 4.78 is 0. The fourth-order valence-electron chi connectivity index (χ4n) is 2.66. The van der Waals surface area contributed by atoms with Crippen LogP contribution in [0.2, 0.25) is 0 Å². The number of nitrogens with two attached hydrogens (primary N) is 1. The lowest BCUT2D eigenvalue weighted by molar-refractivity contribution is 0.221. The minimum atomic E-state index is -2.44. The van der Waals surface area contributed by atoms with E-state index in [4.69, 9.17) is 5.73 Å². The highest BCUT2D eigenvalue weighted by atomic mass is 32.3. The Kier molecular flexibility index (Phi) is 4.08. The Labute approximate surface area is 136 Å². The van der Waals surface area contributed by atoms with E-state index in [0.29, 0.717) is 5.69 Å². The second-order valence-electron chi connectivity index (χ2n) is 5.08. The van der Waals surface area contributed by atoms with Crippen LogP contribution < -0.4 is 5.73 Å². The van der Waals surface area contributed by atoms with Gasteiger partial charge in [0.25, 0.3) is 0 Å². The first-order valence-electron chi connectivity index (χ1n) is 7.18. The van der Waals surface area contributed by atoms with Crippen LogP contribution in [0, 0.1) is 0 Å². The monoisotopic (exact) mass is 323 g/mol. The topological polar surface area (TPSA) is 63.3 Å². The molecule has 116 valence electrons. The van der Waals surface area contributed by atoms with Gasteiger partial charge in [-0.15, -0.1) is 0 Å². The van der Waals surface area contributed by atoms with Gasteiger partial charge in [-0.2, -0.15) is 0 Å². The minimum Gasteiger partial charge on any atom is -0.473 e. The van der Waals surface area contributed by atoms with Gasteiger partial charge in [-0.05, 0) is 42.5 Å². The third-order valence-electron chi connectivity index (χ3n) is 3.67. The van der Waals surface area contributed by atoms with Crippen LogP contribution in [0.3, 0.4) is 0 Å². The van der Waals surface area contributed by atoms with Crippen molar-refractivity contribution in [3.05, 3.63) is 84.9 Å². The van der Waals surface area contributed by atoms with Crippen molar-refractivity contribution in [2.24, 2.45) is 0 Å². The molecule has 0 fully saturated rings. The molecule has 3 aromatic rings. The van der Waals surface area contributed by atoms with E-state index in [1.54, 1.807) is 18.2 Å². The van der Waals surface area contributed by atoms with Gasteiger partial charge < -0.3 is 10.8 Å². The molecule has 0 saturated carbocycles. The zero-order valence-electron chi connectivity index (χ0n) is 12.4. The third kappa shape index (κ3) is 2.58. The molecule has 0 aromatic heterocycles. The molecule has 0 aliphatic heterocycles. The van der Waals surface area contributed by atoms with Gasteiger partial charge >= 0.3 is 5.30 Å². The Morgan fingerprint density at radius 1 is 0.739 bits per heavy atom. The molecule has 0 aliphatic rings. The van der Waals surface area contributed by atoms with Crippen LogP contribution in [0.15, 0.2) is 99.6 Å². The Balaban J connectivity index is 2.39. The van der Waals surface area contributed by atoms with Crippen molar-refractivity contribution in [3.63, 3.8) is 0 Å². The molecule has 0 aliphatic carbocycles. The van der Waals surface area contributed by atoms with Gasteiger partial charge in [0.15, 0.2) is 0 Å². The van der Waals surface area contributed by atoms with E-state index in [-0.39, 0.29) is 0 Å². The zero-order chi connectivity index (χ0) is 16.3. The molecule has 3 aromatic carbocycles. The highest BCUT2D eigenvalue weighted by Gasteiger charge is 2.38. The van der Waals surface area contributed by atoms with E-state index in [2.05, 4.69) is 0 Å². The van der Waals surface area contributed by atoms with Crippen molar-refractivity contribution in [2.75, 3.05) is 5.73 Å². The summed E-state index contributed by atoms with van der Waals surface area (Å²) in [5.41, 5.74) is 6.49. The van der Waals surface area contributed by atoms with Gasteiger partial charge in [0, 0.05) is 20.4 Å². The maximum absolute atomic E-state index is 12.5. The highest BCUT2D eigenvalue weighted by molar-refractivity contribution is 8.45. The predicted octanol–water partition coefficient (Wildman–Crippen LogP) is 5.23. The van der Waals surface area contributed by atoms with Crippen LogP contribution >= 0.6 is 10.0 Å². The number of hydrogen-bond donors (Lipinski definition) is 2. The van der Waals surface area contributed by atoms with Crippen LogP contribution in [0.25, 0.3) is 0 Å². The average molecular weight is 323 g/mol. The summed E-state index contributed by atoms with van der Waals surface area (Å²) in [5, 5.41) is 9.42. The van der Waals surface area contributed by atoms with Gasteiger partial charge in [0.05, 0.1) is 0 Å². The summed E-state index contributed by atoms with van der Waals surface area (Å²) in [6, 6.07) is 25.9. The molecule has 3 N–H and O–H groups in total. The van der Waals surface area contributed by atoms with Crippen molar-refractivity contribution in [2.45, 2.75) is 14.7 Å². The molecule has 0 radical (unpaired) electrons. The van der Waals surface area contributed by atoms with Crippen molar-refractivity contribution in [1.82, 2.24) is 0 Å². The van der Waals surface area contributed by atoms with E-state index >= 15 is 0 Å². The quantitative estimate of drug-likeness (QED) is 0.649. The highest BCUT2D eigenvalue weighted by Crippen LogP contribution is 2.68. The lowest BCUT2D eigenvalue weighted by Crippen LogP contribution is -2.13. The van der Waals surface area contributed by atoms with Gasteiger partial charge in [-0.3, -0.25) is 0 Å². The van der Waals surface area contributed by atoms with E-state index < -0.39 is 15.3 Å². The Morgan fingerprint density at radius 2 is 1.22 bits per heavy atom. The van der Waals surface area contributed by atoms with Crippen molar-refractivity contribution in [3.8, 4) is 0 Å². The Morgan fingerprint density at radius 3 is 1.65 bits per heavy atom. The van der Waals surface area contributed by atoms with Crippen molar-refractivity contribution >= 4 is 21.0 Å². The first kappa shape index (κ1) is 15.2. The zero-order valence-corrected chi connectivity index (χ0v) is 13.2. The number of nitrogen functional groups attached to an aromatic ring is 1. The van der Waals surface area contributed by atoms with Crippen LogP contribution in [-0.4, -0.2) is 10.4 Å². The summed E-state index contributed by atoms with van der Waals surface area (Å²) in [4.78, 5) is 14.8. The van der Waals surface area contributed by atoms with Gasteiger partial charge in [-0.25, -0.2) is 4.79 Å². The number of carbonyl (C=O) groups is 1. The molecule has 0 spiro atoms. The smallest absolute Gasteiger partial charge is 0.359 e. The first-order chi connectivity index (χ1) is 11.2. The van der Waals surface area contributed by atoms with Crippen molar-refractivity contribution < 1.29 is 9.90 Å². The standard InChI is InChI=1S/C19H17NO2S/c20-15-8-7-13-18(14-15)23(19(21)22,16-9-3-1-4-10-16)17-11-5-2-6-12-17/h1-14H,20H2,(H,21,22). The minimum absolute atomic E-state index is 0.562. The van der Waals surface area contributed by atoms with Crippen LogP contribution in [0.4, 0.5) is 10.5 Å². The summed E-state index contributed by atoms with van der Waals surface area (Å²) in [6.45, 7) is 0. The fraction of sp³-hybridized carbons (Fsp3) is 0. The van der Waals surface area contributed by atoms with E-state index in [0.717, 1.165) is 14.7 Å². The normalized spacial score (nSPS) is 11.8. The number of benzene rings is 3. The first-order valence-corrected chi connectivity index (χ1v) is 8.81. The summed E-state index contributed by atoms with van der Waals surface area (Å²) in [6.07, 6.45) is 0. The maximum atomic E-state index is 12.5. The van der Waals surface area contributed by atoms with Gasteiger partial charge in [-0.1, -0.05) is 52.5 Å². The molecular weight excluding hydrogens is 306 g/mol. The second kappa shape index (κ2) is 6.18. The predicted molar refractivity (Wildman–Crippen MR) is 94.2 cm³/mol. The summed E-state index contributed by atoms with van der Waals surface area (Å²) in [7, 11) is -2.44. The second-order valence-corrected chi connectivity index (χ2v) is 8.07. The van der Waals surface area contributed by atoms with E-state index in [1.807, 2.05) is 66.7 Å².